The highest BCUT2D eigenvalue weighted by molar-refractivity contribution is 5.28. The predicted octanol–water partition coefficient (Wildman–Crippen LogP) is 6.36. The summed E-state index contributed by atoms with van der Waals surface area (Å²) >= 11 is 0. The summed E-state index contributed by atoms with van der Waals surface area (Å²) in [5.41, 5.74) is 0.925. The Labute approximate surface area is 154 Å². The van der Waals surface area contributed by atoms with Crippen molar-refractivity contribution < 1.29 is 9.13 Å². The molecule has 25 heavy (non-hydrogen) atoms. The number of benzene rings is 1. The quantitative estimate of drug-likeness (QED) is 0.361. The highest BCUT2D eigenvalue weighted by Crippen LogP contribution is 2.19. The van der Waals surface area contributed by atoms with Gasteiger partial charge in [-0.05, 0) is 56.8 Å². The van der Waals surface area contributed by atoms with Gasteiger partial charge >= 0.3 is 0 Å². The topological polar surface area (TPSA) is 12.5 Å². The number of unbranched alkanes of at least 4 members (excludes halogenated alkanes) is 2. The monoisotopic (exact) mass is 351 g/mol. The van der Waals surface area contributed by atoms with E-state index in [9.17, 15) is 4.39 Å². The van der Waals surface area contributed by atoms with Gasteiger partial charge in [0, 0.05) is 12.6 Å². The Balaban J connectivity index is 2.50. The molecular weight excluding hydrogens is 313 g/mol. The van der Waals surface area contributed by atoms with E-state index >= 15 is 0 Å². The minimum Gasteiger partial charge on any atom is -0.490 e. The Morgan fingerprint density at radius 1 is 0.960 bits per heavy atom. The van der Waals surface area contributed by atoms with Crippen molar-refractivity contribution in [2.45, 2.75) is 85.1 Å². The van der Waals surface area contributed by atoms with Crippen molar-refractivity contribution in [2.75, 3.05) is 19.7 Å². The molecule has 2 nitrogen and oxygen atoms in total. The van der Waals surface area contributed by atoms with Crippen molar-refractivity contribution in [3.8, 4) is 5.75 Å². The summed E-state index contributed by atoms with van der Waals surface area (Å²) < 4.78 is 19.5. The fourth-order valence-electron chi connectivity index (χ4n) is 3.29. The average Bonchev–Trinajstić information content (AvgIpc) is 2.59. The molecule has 0 aliphatic rings. The fraction of sp³-hybridized carbons (Fsp3) is 0.727. The maximum Gasteiger partial charge on any atom is 0.165 e. The minimum absolute atomic E-state index is 0.255. The molecule has 0 heterocycles. The summed E-state index contributed by atoms with van der Waals surface area (Å²) in [5.74, 6) is 0.122. The van der Waals surface area contributed by atoms with Crippen LogP contribution in [0.1, 0.15) is 77.7 Å². The molecule has 0 amide bonds. The normalized spacial score (nSPS) is 12.6. The van der Waals surface area contributed by atoms with E-state index in [0.717, 1.165) is 18.5 Å². The lowest BCUT2D eigenvalue weighted by molar-refractivity contribution is 0.156. The zero-order valence-electron chi connectivity index (χ0n) is 16.8. The van der Waals surface area contributed by atoms with E-state index in [0.29, 0.717) is 18.4 Å². The number of hydrogen-bond acceptors (Lipinski definition) is 2. The van der Waals surface area contributed by atoms with Crippen LogP contribution in [0, 0.1) is 12.7 Å². The lowest BCUT2D eigenvalue weighted by Gasteiger charge is -2.32. The van der Waals surface area contributed by atoms with Crippen LogP contribution in [0.2, 0.25) is 0 Å². The molecule has 3 heteroatoms. The molecule has 1 atom stereocenters. The summed E-state index contributed by atoms with van der Waals surface area (Å²) in [6, 6.07) is 5.85. The molecule has 1 aromatic rings. The molecule has 0 fully saturated rings. The lowest BCUT2D eigenvalue weighted by Crippen LogP contribution is -2.37. The van der Waals surface area contributed by atoms with Crippen LogP contribution in [-0.2, 0) is 0 Å². The third-order valence-electron chi connectivity index (χ3n) is 4.76. The van der Waals surface area contributed by atoms with Crippen LogP contribution in [0.5, 0.6) is 5.75 Å². The third kappa shape index (κ3) is 8.71. The van der Waals surface area contributed by atoms with Gasteiger partial charge in [-0.15, -0.1) is 0 Å². The van der Waals surface area contributed by atoms with E-state index in [4.69, 9.17) is 4.74 Å². The number of rotatable bonds is 14. The number of ether oxygens (including phenoxy) is 1. The van der Waals surface area contributed by atoms with E-state index in [1.54, 1.807) is 6.07 Å². The second kappa shape index (κ2) is 13.2. The average molecular weight is 352 g/mol. The van der Waals surface area contributed by atoms with Crippen LogP contribution in [0.25, 0.3) is 0 Å². The lowest BCUT2D eigenvalue weighted by atomic mass is 10.0. The number of halogens is 1. The summed E-state index contributed by atoms with van der Waals surface area (Å²) in [6.07, 6.45) is 9.80. The second-order valence-corrected chi connectivity index (χ2v) is 7.11. The van der Waals surface area contributed by atoms with Crippen molar-refractivity contribution in [1.29, 1.82) is 0 Å². The summed E-state index contributed by atoms with van der Waals surface area (Å²) in [4.78, 5) is 2.65. The highest BCUT2D eigenvalue weighted by Gasteiger charge is 2.16. The van der Waals surface area contributed by atoms with Crippen LogP contribution in [0.15, 0.2) is 18.2 Å². The molecule has 0 bridgehead atoms. The Bertz CT molecular complexity index is 463. The largest absolute Gasteiger partial charge is 0.490 e. The maximum absolute atomic E-state index is 13.8. The Morgan fingerprint density at radius 2 is 1.68 bits per heavy atom. The molecule has 0 saturated heterocycles. The smallest absolute Gasteiger partial charge is 0.165 e. The molecule has 0 aliphatic heterocycles. The van der Waals surface area contributed by atoms with Gasteiger partial charge in [0.15, 0.2) is 11.6 Å². The van der Waals surface area contributed by atoms with Crippen LogP contribution >= 0.6 is 0 Å². The molecule has 0 saturated carbocycles. The first kappa shape index (κ1) is 22.0. The van der Waals surface area contributed by atoms with Crippen LogP contribution in [0.4, 0.5) is 4.39 Å². The zero-order chi connectivity index (χ0) is 18.5. The Kier molecular flexibility index (Phi) is 11.6. The first-order chi connectivity index (χ1) is 12.1. The number of nitrogens with zero attached hydrogens (tertiary/aromatic N) is 1. The summed E-state index contributed by atoms with van der Waals surface area (Å²) in [7, 11) is 0. The molecule has 144 valence electrons. The number of aryl methyl sites for hydroxylation is 1. The van der Waals surface area contributed by atoms with Gasteiger partial charge in [0.2, 0.25) is 0 Å². The van der Waals surface area contributed by atoms with Crippen molar-refractivity contribution >= 4 is 0 Å². The molecule has 0 radical (unpaired) electrons. The van der Waals surface area contributed by atoms with E-state index in [1.807, 2.05) is 13.0 Å². The van der Waals surface area contributed by atoms with Gasteiger partial charge in [0.05, 0.1) is 6.61 Å². The molecule has 0 aromatic heterocycles. The predicted molar refractivity (Wildman–Crippen MR) is 106 cm³/mol. The summed E-state index contributed by atoms with van der Waals surface area (Å²) in [5, 5.41) is 0. The molecule has 1 rings (SSSR count). The minimum atomic E-state index is -0.255. The van der Waals surface area contributed by atoms with Crippen molar-refractivity contribution in [1.82, 2.24) is 4.90 Å². The maximum atomic E-state index is 13.8. The van der Waals surface area contributed by atoms with Gasteiger partial charge in [0.25, 0.3) is 0 Å². The fourth-order valence-corrected chi connectivity index (χ4v) is 3.29. The Hall–Kier alpha value is -1.09. The SMILES string of the molecule is CCCCC(CCC)N(CCCC)CCCOc1ccc(C)cc1F. The van der Waals surface area contributed by atoms with E-state index in [2.05, 4.69) is 25.7 Å². The zero-order valence-corrected chi connectivity index (χ0v) is 16.8. The highest BCUT2D eigenvalue weighted by atomic mass is 19.1. The van der Waals surface area contributed by atoms with E-state index in [1.165, 1.54) is 57.6 Å². The number of hydrogen-bond donors (Lipinski definition) is 0. The van der Waals surface area contributed by atoms with Crippen molar-refractivity contribution in [3.05, 3.63) is 29.6 Å². The molecule has 1 aromatic carbocycles. The molecule has 0 N–H and O–H groups in total. The third-order valence-corrected chi connectivity index (χ3v) is 4.76. The van der Waals surface area contributed by atoms with Crippen LogP contribution < -0.4 is 4.74 Å². The first-order valence-corrected chi connectivity index (χ1v) is 10.2. The van der Waals surface area contributed by atoms with Gasteiger partial charge in [-0.3, -0.25) is 0 Å². The Morgan fingerprint density at radius 3 is 2.32 bits per heavy atom. The van der Waals surface area contributed by atoms with Gasteiger partial charge in [-0.2, -0.15) is 0 Å². The van der Waals surface area contributed by atoms with Crippen molar-refractivity contribution in [3.63, 3.8) is 0 Å². The molecule has 0 spiro atoms. The van der Waals surface area contributed by atoms with E-state index in [-0.39, 0.29) is 5.82 Å². The van der Waals surface area contributed by atoms with Gasteiger partial charge in [0.1, 0.15) is 0 Å². The molecule has 1 unspecified atom stereocenters. The summed E-state index contributed by atoms with van der Waals surface area (Å²) in [6.45, 7) is 11.5. The van der Waals surface area contributed by atoms with Gasteiger partial charge < -0.3 is 9.64 Å². The molecular formula is C22H38FNO. The second-order valence-electron chi connectivity index (χ2n) is 7.11. The van der Waals surface area contributed by atoms with Crippen molar-refractivity contribution in [2.24, 2.45) is 0 Å². The van der Waals surface area contributed by atoms with Crippen LogP contribution in [0.3, 0.4) is 0 Å². The van der Waals surface area contributed by atoms with Crippen LogP contribution in [-0.4, -0.2) is 30.6 Å². The standard InChI is InChI=1S/C22H38FNO/c1-5-8-12-20(11-7-3)24(15-9-6-2)16-10-17-25-22-14-13-19(4)18-21(22)23/h13-14,18,20H,5-12,15-17H2,1-4H3. The van der Waals surface area contributed by atoms with Gasteiger partial charge in [-0.25, -0.2) is 4.39 Å². The first-order valence-electron chi connectivity index (χ1n) is 10.2. The van der Waals surface area contributed by atoms with E-state index < -0.39 is 0 Å². The van der Waals surface area contributed by atoms with Gasteiger partial charge in [-0.1, -0.05) is 52.5 Å². The molecule has 0 aliphatic carbocycles.